The van der Waals surface area contributed by atoms with Crippen LogP contribution in [0.4, 0.5) is 0 Å². The van der Waals surface area contributed by atoms with E-state index in [9.17, 15) is 29.4 Å². The van der Waals surface area contributed by atoms with Gasteiger partial charge >= 0.3 is 11.9 Å². The Morgan fingerprint density at radius 1 is 0.980 bits per heavy atom. The number of hydrogen-bond acceptors (Lipinski definition) is 10. The number of benzene rings is 2. The molecular formula is C39H45N3O8. The highest BCUT2D eigenvalue weighted by atomic mass is 16.5. The first-order valence-electron chi connectivity index (χ1n) is 17.0. The lowest BCUT2D eigenvalue weighted by molar-refractivity contribution is -0.142. The van der Waals surface area contributed by atoms with Crippen molar-refractivity contribution >= 4 is 35.4 Å². The predicted molar refractivity (Wildman–Crippen MR) is 189 cm³/mol. The molecule has 0 unspecified atom stereocenters. The number of hydrogen-bond donors (Lipinski definition) is 4. The fraction of sp³-hybridized carbons (Fsp3) is 0.385. The number of unbranched alkanes of at least 4 members (excludes halogenated alkanes) is 3. The van der Waals surface area contributed by atoms with E-state index in [4.69, 9.17) is 14.9 Å². The van der Waals surface area contributed by atoms with E-state index < -0.39 is 24.5 Å². The van der Waals surface area contributed by atoms with Crippen LogP contribution in [0.1, 0.15) is 105 Å². The van der Waals surface area contributed by atoms with E-state index in [0.29, 0.717) is 46.9 Å². The summed E-state index contributed by atoms with van der Waals surface area (Å²) in [4.78, 5) is 56.6. The fourth-order valence-corrected chi connectivity index (χ4v) is 5.37. The monoisotopic (exact) mass is 683 g/mol. The average Bonchev–Trinajstić information content (AvgIpc) is 3.97. The molecular weight excluding hydrogens is 638 g/mol. The zero-order valence-electron chi connectivity index (χ0n) is 28.5. The van der Waals surface area contributed by atoms with Gasteiger partial charge in [0.1, 0.15) is 12.3 Å². The first-order chi connectivity index (χ1) is 24.2. The maximum absolute atomic E-state index is 14.0. The number of carbonyl (C=O) groups excluding carboxylic acids is 4. The summed E-state index contributed by atoms with van der Waals surface area (Å²) in [5.41, 5.74) is 2.76. The molecule has 0 spiro atoms. The third-order valence-corrected chi connectivity index (χ3v) is 8.40. The molecule has 4 rings (SSSR count). The highest BCUT2D eigenvalue weighted by Gasteiger charge is 2.26. The summed E-state index contributed by atoms with van der Waals surface area (Å²) in [5, 5.41) is 30.6. The van der Waals surface area contributed by atoms with Gasteiger partial charge in [-0.3, -0.25) is 14.4 Å². The average molecular weight is 684 g/mol. The number of esters is 2. The molecule has 0 atom stereocenters. The zero-order chi connectivity index (χ0) is 36.0. The molecule has 1 heterocycles. The predicted octanol–water partition coefficient (Wildman–Crippen LogP) is 5.48. The number of rotatable bonds is 20. The summed E-state index contributed by atoms with van der Waals surface area (Å²) >= 11 is 0. The fourth-order valence-electron chi connectivity index (χ4n) is 5.37. The molecule has 1 aromatic heterocycles. The summed E-state index contributed by atoms with van der Waals surface area (Å²) in [6.07, 6.45) is 7.35. The number of aromatic nitrogens is 1. The van der Waals surface area contributed by atoms with Gasteiger partial charge in [-0.15, -0.1) is 0 Å². The number of amides is 1. The second-order valence-corrected chi connectivity index (χ2v) is 12.3. The third-order valence-electron chi connectivity index (χ3n) is 8.40. The van der Waals surface area contributed by atoms with Crippen LogP contribution in [0.2, 0.25) is 0 Å². The van der Waals surface area contributed by atoms with Gasteiger partial charge in [-0.2, -0.15) is 0 Å². The van der Waals surface area contributed by atoms with Gasteiger partial charge < -0.3 is 30.4 Å². The SMILES string of the molecule is C=Cc1cc(C(=O)Cc2ccc(C(=N)CC(=O)OCCCCCC)cc2)c(-c2ccc(C(=O)NCC3CC3)nc2C(=O)OCCO)cc1CO. The molecule has 4 N–H and O–H groups in total. The van der Waals surface area contributed by atoms with E-state index in [2.05, 4.69) is 23.8 Å². The highest BCUT2D eigenvalue weighted by Crippen LogP contribution is 2.32. The molecule has 11 nitrogen and oxygen atoms in total. The molecule has 1 amide bonds. The molecule has 0 bridgehead atoms. The van der Waals surface area contributed by atoms with Crippen molar-refractivity contribution in [2.45, 2.75) is 64.9 Å². The number of carbonyl (C=O) groups is 4. The standard InChI is InChI=1S/C39H45N3O8/c1-3-5-6-7-17-49-36(46)22-33(40)28-12-10-25(11-13-28)19-35(45)32-20-27(4-2)29(24-44)21-31(32)30-14-15-34(38(47)41-23-26-8-9-26)42-37(30)39(48)50-18-16-43/h4,10-15,20-21,26,40,43-44H,2-3,5-9,16-19,22-24H2,1H3,(H,41,47). The van der Waals surface area contributed by atoms with Crippen LogP contribution in [0.3, 0.4) is 0 Å². The maximum Gasteiger partial charge on any atom is 0.357 e. The number of Topliss-reactive ketones (excluding diaryl/α,β-unsaturated/α-hetero) is 1. The Kier molecular flexibility index (Phi) is 14.1. The molecule has 3 aromatic rings. The van der Waals surface area contributed by atoms with E-state index in [1.165, 1.54) is 18.2 Å². The summed E-state index contributed by atoms with van der Waals surface area (Å²) < 4.78 is 10.4. The second kappa shape index (κ2) is 18.7. The van der Waals surface area contributed by atoms with E-state index in [0.717, 1.165) is 38.5 Å². The van der Waals surface area contributed by atoms with E-state index in [1.807, 2.05) is 0 Å². The quantitative estimate of drug-likeness (QED) is 0.0520. The first kappa shape index (κ1) is 37.8. The minimum absolute atomic E-state index is 0.00536. The molecule has 0 aliphatic heterocycles. The van der Waals surface area contributed by atoms with Crippen molar-refractivity contribution in [1.29, 1.82) is 5.41 Å². The van der Waals surface area contributed by atoms with Crippen molar-refractivity contribution < 1.29 is 38.9 Å². The maximum atomic E-state index is 14.0. The summed E-state index contributed by atoms with van der Waals surface area (Å²) in [6, 6.07) is 12.9. The minimum atomic E-state index is -0.888. The molecule has 11 heteroatoms. The van der Waals surface area contributed by atoms with Crippen molar-refractivity contribution in [2.75, 3.05) is 26.4 Å². The summed E-state index contributed by atoms with van der Waals surface area (Å²) in [7, 11) is 0. The number of ether oxygens (including phenoxy) is 2. The van der Waals surface area contributed by atoms with Crippen LogP contribution in [0.15, 0.2) is 55.1 Å². The largest absolute Gasteiger partial charge is 0.465 e. The first-order valence-corrected chi connectivity index (χ1v) is 17.0. The summed E-state index contributed by atoms with van der Waals surface area (Å²) in [6.45, 7) is 5.67. The Hall–Kier alpha value is -5.00. The van der Waals surface area contributed by atoms with Crippen LogP contribution in [0.25, 0.3) is 17.2 Å². The van der Waals surface area contributed by atoms with Gasteiger partial charge in [0.05, 0.1) is 26.2 Å². The Labute approximate surface area is 292 Å². The molecule has 1 saturated carbocycles. The van der Waals surface area contributed by atoms with Gasteiger partial charge in [-0.25, -0.2) is 9.78 Å². The topological polar surface area (TPSA) is 176 Å². The number of nitrogens with one attached hydrogen (secondary N) is 2. The lowest BCUT2D eigenvalue weighted by Gasteiger charge is -2.17. The number of nitrogens with zero attached hydrogens (tertiary/aromatic N) is 1. The molecule has 1 fully saturated rings. The van der Waals surface area contributed by atoms with Gasteiger partial charge in [0.2, 0.25) is 0 Å². The Bertz CT molecular complexity index is 1710. The van der Waals surface area contributed by atoms with Gasteiger partial charge in [0.15, 0.2) is 11.5 Å². The lowest BCUT2D eigenvalue weighted by atomic mass is 9.89. The Morgan fingerprint density at radius 3 is 2.40 bits per heavy atom. The molecule has 2 aromatic carbocycles. The third kappa shape index (κ3) is 10.5. The number of ketones is 1. The van der Waals surface area contributed by atoms with Crippen LogP contribution < -0.4 is 5.32 Å². The van der Waals surface area contributed by atoms with Crippen LogP contribution >= 0.6 is 0 Å². The van der Waals surface area contributed by atoms with Crippen molar-refractivity contribution in [2.24, 2.45) is 5.92 Å². The van der Waals surface area contributed by atoms with Crippen molar-refractivity contribution in [1.82, 2.24) is 10.3 Å². The van der Waals surface area contributed by atoms with Crippen LogP contribution in [0.5, 0.6) is 0 Å². The van der Waals surface area contributed by atoms with Crippen LogP contribution in [0, 0.1) is 11.3 Å². The normalized spacial score (nSPS) is 12.2. The zero-order valence-corrected chi connectivity index (χ0v) is 28.5. The van der Waals surface area contributed by atoms with Crippen molar-refractivity contribution in [3.05, 3.63) is 94.3 Å². The highest BCUT2D eigenvalue weighted by molar-refractivity contribution is 6.08. The van der Waals surface area contributed by atoms with E-state index in [1.54, 1.807) is 36.4 Å². The van der Waals surface area contributed by atoms with Crippen LogP contribution in [-0.4, -0.2) is 70.9 Å². The number of pyridine rings is 1. The van der Waals surface area contributed by atoms with Gasteiger partial charge in [0, 0.05) is 29.8 Å². The molecule has 0 radical (unpaired) electrons. The number of aliphatic hydroxyl groups is 2. The van der Waals surface area contributed by atoms with Gasteiger partial charge in [0.25, 0.3) is 5.91 Å². The van der Waals surface area contributed by atoms with Gasteiger partial charge in [-0.05, 0) is 77.3 Å². The molecule has 1 aliphatic rings. The van der Waals surface area contributed by atoms with E-state index in [-0.39, 0.29) is 60.1 Å². The van der Waals surface area contributed by atoms with E-state index >= 15 is 0 Å². The van der Waals surface area contributed by atoms with Crippen molar-refractivity contribution in [3.63, 3.8) is 0 Å². The van der Waals surface area contributed by atoms with Crippen molar-refractivity contribution in [3.8, 4) is 11.1 Å². The Morgan fingerprint density at radius 2 is 1.74 bits per heavy atom. The molecule has 50 heavy (non-hydrogen) atoms. The number of aliphatic hydroxyl groups excluding tert-OH is 2. The minimum Gasteiger partial charge on any atom is -0.465 e. The lowest BCUT2D eigenvalue weighted by Crippen LogP contribution is -2.27. The Balaban J connectivity index is 1.59. The van der Waals surface area contributed by atoms with Gasteiger partial charge in [-0.1, -0.05) is 63.1 Å². The molecule has 264 valence electrons. The molecule has 0 saturated heterocycles. The second-order valence-electron chi connectivity index (χ2n) is 12.3. The van der Waals surface area contributed by atoms with Crippen LogP contribution in [-0.2, 0) is 27.3 Å². The smallest absolute Gasteiger partial charge is 0.357 e. The summed E-state index contributed by atoms with van der Waals surface area (Å²) in [5.74, 6) is -1.68. The molecule has 1 aliphatic carbocycles.